The summed E-state index contributed by atoms with van der Waals surface area (Å²) in [4.78, 5) is 23.1. The van der Waals surface area contributed by atoms with Gasteiger partial charge in [0.25, 0.3) is 5.91 Å². The van der Waals surface area contributed by atoms with Crippen LogP contribution in [0.1, 0.15) is 27.0 Å². The number of carbonyl (C=O) groups excluding carboxylic acids is 1. The summed E-state index contributed by atoms with van der Waals surface area (Å²) in [5, 5.41) is 0. The van der Waals surface area contributed by atoms with Gasteiger partial charge in [-0.3, -0.25) is 9.78 Å². The Labute approximate surface area is 162 Å². The number of aryl methyl sites for hydroxylation is 1. The monoisotopic (exact) mass is 377 g/mol. The normalized spacial score (nSPS) is 15.8. The maximum Gasteiger partial charge on any atom is 0.254 e. The van der Waals surface area contributed by atoms with E-state index in [2.05, 4.69) is 9.97 Å². The van der Waals surface area contributed by atoms with Crippen molar-refractivity contribution in [2.45, 2.75) is 25.9 Å². The van der Waals surface area contributed by atoms with Crippen LogP contribution in [-0.2, 0) is 13.0 Å². The van der Waals surface area contributed by atoms with Crippen molar-refractivity contribution >= 4 is 5.91 Å². The summed E-state index contributed by atoms with van der Waals surface area (Å²) in [7, 11) is 0. The van der Waals surface area contributed by atoms with E-state index in [9.17, 15) is 9.18 Å². The van der Waals surface area contributed by atoms with E-state index in [-0.39, 0.29) is 24.4 Å². The molecule has 0 aliphatic carbocycles. The molecule has 0 bridgehead atoms. The number of hydrogen-bond donors (Lipinski definition) is 0. The van der Waals surface area contributed by atoms with Crippen molar-refractivity contribution in [3.8, 4) is 5.88 Å². The van der Waals surface area contributed by atoms with Gasteiger partial charge in [0.1, 0.15) is 12.4 Å². The quantitative estimate of drug-likeness (QED) is 0.698. The molecule has 1 aromatic carbocycles. The number of hydrogen-bond acceptors (Lipinski definition) is 4. The molecule has 2 aromatic heterocycles. The van der Waals surface area contributed by atoms with Crippen LogP contribution < -0.4 is 4.74 Å². The van der Waals surface area contributed by atoms with Crippen molar-refractivity contribution in [2.24, 2.45) is 0 Å². The van der Waals surface area contributed by atoms with Crippen molar-refractivity contribution in [2.75, 3.05) is 6.61 Å². The van der Waals surface area contributed by atoms with Crippen LogP contribution in [0.4, 0.5) is 4.39 Å². The fraction of sp³-hybridized carbons (Fsp3) is 0.227. The second-order valence-electron chi connectivity index (χ2n) is 6.92. The van der Waals surface area contributed by atoms with Crippen LogP contribution in [0.3, 0.4) is 0 Å². The van der Waals surface area contributed by atoms with E-state index in [0.29, 0.717) is 24.4 Å². The van der Waals surface area contributed by atoms with Gasteiger partial charge in [-0.05, 0) is 54.3 Å². The molecule has 28 heavy (non-hydrogen) atoms. The highest BCUT2D eigenvalue weighted by atomic mass is 19.1. The Balaban J connectivity index is 1.59. The third-order valence-corrected chi connectivity index (χ3v) is 4.90. The van der Waals surface area contributed by atoms with Crippen molar-refractivity contribution in [1.29, 1.82) is 0 Å². The van der Waals surface area contributed by atoms with Crippen molar-refractivity contribution in [3.63, 3.8) is 0 Å². The molecule has 3 aromatic rings. The summed E-state index contributed by atoms with van der Waals surface area (Å²) in [5.41, 5.74) is 3.47. The zero-order valence-electron chi connectivity index (χ0n) is 15.5. The molecule has 0 fully saturated rings. The molecule has 1 atom stereocenters. The minimum atomic E-state index is -0.271. The number of carbonyl (C=O) groups is 1. The van der Waals surface area contributed by atoms with E-state index in [4.69, 9.17) is 4.74 Å². The Morgan fingerprint density at radius 3 is 2.75 bits per heavy atom. The molecule has 4 rings (SSSR count). The van der Waals surface area contributed by atoms with Crippen LogP contribution in [0, 0.1) is 12.7 Å². The number of nitrogens with zero attached hydrogens (tertiary/aromatic N) is 3. The number of rotatable bonds is 4. The van der Waals surface area contributed by atoms with Crippen LogP contribution in [0.2, 0.25) is 0 Å². The van der Waals surface area contributed by atoms with Crippen LogP contribution in [0.5, 0.6) is 5.88 Å². The fourth-order valence-corrected chi connectivity index (χ4v) is 3.38. The first-order valence-corrected chi connectivity index (χ1v) is 9.14. The van der Waals surface area contributed by atoms with Gasteiger partial charge in [-0.2, -0.15) is 0 Å². The number of benzene rings is 1. The van der Waals surface area contributed by atoms with Gasteiger partial charge in [-0.25, -0.2) is 9.37 Å². The summed E-state index contributed by atoms with van der Waals surface area (Å²) in [6.07, 6.45) is 5.46. The summed E-state index contributed by atoms with van der Waals surface area (Å²) in [5.74, 6) is 0.141. The van der Waals surface area contributed by atoms with Crippen LogP contribution >= 0.6 is 0 Å². The van der Waals surface area contributed by atoms with Crippen molar-refractivity contribution < 1.29 is 13.9 Å². The molecular weight excluding hydrogens is 357 g/mol. The topological polar surface area (TPSA) is 55.3 Å². The minimum absolute atomic E-state index is 0.0946. The summed E-state index contributed by atoms with van der Waals surface area (Å²) in [6.45, 7) is 2.65. The first-order valence-electron chi connectivity index (χ1n) is 9.14. The molecule has 0 N–H and O–H groups in total. The van der Waals surface area contributed by atoms with Gasteiger partial charge in [0.05, 0.1) is 6.04 Å². The smallest absolute Gasteiger partial charge is 0.254 e. The molecule has 0 saturated carbocycles. The highest BCUT2D eigenvalue weighted by Gasteiger charge is 2.31. The number of fused-ring (bicyclic) bond motifs is 1. The van der Waals surface area contributed by atoms with E-state index >= 15 is 0 Å². The Morgan fingerprint density at radius 2 is 2.00 bits per heavy atom. The van der Waals surface area contributed by atoms with Gasteiger partial charge in [0.15, 0.2) is 0 Å². The second-order valence-corrected chi connectivity index (χ2v) is 6.92. The zero-order valence-corrected chi connectivity index (χ0v) is 15.5. The Hall–Kier alpha value is -3.28. The number of ether oxygens (including phenoxy) is 1. The van der Waals surface area contributed by atoms with Gasteiger partial charge < -0.3 is 9.64 Å². The lowest BCUT2D eigenvalue weighted by Gasteiger charge is -2.36. The molecule has 0 radical (unpaired) electrons. The van der Waals surface area contributed by atoms with Crippen LogP contribution in [0.25, 0.3) is 0 Å². The molecule has 142 valence electrons. The second kappa shape index (κ2) is 7.76. The zero-order chi connectivity index (χ0) is 19.5. The van der Waals surface area contributed by atoms with Gasteiger partial charge in [-0.1, -0.05) is 12.1 Å². The minimum Gasteiger partial charge on any atom is -0.475 e. The molecule has 5 nitrogen and oxygen atoms in total. The largest absolute Gasteiger partial charge is 0.475 e. The lowest BCUT2D eigenvalue weighted by molar-refractivity contribution is 0.0562. The Kier molecular flexibility index (Phi) is 5.02. The van der Waals surface area contributed by atoms with Gasteiger partial charge in [-0.15, -0.1) is 0 Å². The SMILES string of the molecule is Cc1ccc(OCC2Cc3cc(F)ccc3CN2C(=O)c2ccncc2)nc1. The Bertz CT molecular complexity index is 977. The lowest BCUT2D eigenvalue weighted by Crippen LogP contribution is -2.47. The molecule has 1 aliphatic heterocycles. The summed E-state index contributed by atoms with van der Waals surface area (Å²) < 4.78 is 19.6. The highest BCUT2D eigenvalue weighted by molar-refractivity contribution is 5.94. The average molecular weight is 377 g/mol. The van der Waals surface area contributed by atoms with E-state index < -0.39 is 0 Å². The lowest BCUT2D eigenvalue weighted by atomic mass is 9.93. The number of amides is 1. The van der Waals surface area contributed by atoms with E-state index in [0.717, 1.165) is 16.7 Å². The maximum atomic E-state index is 13.7. The third-order valence-electron chi connectivity index (χ3n) is 4.90. The summed E-state index contributed by atoms with van der Waals surface area (Å²) >= 11 is 0. The molecule has 1 unspecified atom stereocenters. The molecule has 0 saturated heterocycles. The van der Waals surface area contributed by atoms with Crippen molar-refractivity contribution in [1.82, 2.24) is 14.9 Å². The third kappa shape index (κ3) is 3.86. The molecule has 0 spiro atoms. The Morgan fingerprint density at radius 1 is 1.18 bits per heavy atom. The predicted octanol–water partition coefficient (Wildman–Crippen LogP) is 3.57. The first-order chi connectivity index (χ1) is 13.6. The van der Waals surface area contributed by atoms with E-state index in [1.807, 2.05) is 13.0 Å². The van der Waals surface area contributed by atoms with Crippen molar-refractivity contribution in [3.05, 3.63) is 89.1 Å². The van der Waals surface area contributed by atoms with Crippen LogP contribution in [0.15, 0.2) is 61.1 Å². The van der Waals surface area contributed by atoms with Gasteiger partial charge >= 0.3 is 0 Å². The van der Waals surface area contributed by atoms with Crippen LogP contribution in [-0.4, -0.2) is 33.4 Å². The van der Waals surface area contributed by atoms with E-state index in [1.54, 1.807) is 53.8 Å². The summed E-state index contributed by atoms with van der Waals surface area (Å²) in [6, 6.07) is 11.6. The predicted molar refractivity (Wildman–Crippen MR) is 102 cm³/mol. The molecule has 1 aliphatic rings. The van der Waals surface area contributed by atoms with Gasteiger partial charge in [0, 0.05) is 36.8 Å². The molecule has 3 heterocycles. The number of halogens is 1. The first kappa shape index (κ1) is 18.1. The molecule has 1 amide bonds. The van der Waals surface area contributed by atoms with E-state index in [1.165, 1.54) is 6.07 Å². The van der Waals surface area contributed by atoms with Gasteiger partial charge in [0.2, 0.25) is 5.88 Å². The molecular formula is C22H20FN3O2. The fourth-order valence-electron chi connectivity index (χ4n) is 3.38. The maximum absolute atomic E-state index is 13.7. The standard InChI is InChI=1S/C22H20FN3O2/c1-15-2-5-21(25-12-15)28-14-20-11-18-10-19(23)4-3-17(18)13-26(20)22(27)16-6-8-24-9-7-16/h2-10,12,20H,11,13-14H2,1H3. The number of aromatic nitrogens is 2. The average Bonchev–Trinajstić information content (AvgIpc) is 2.73. The number of pyridine rings is 2. The molecule has 6 heteroatoms. The highest BCUT2D eigenvalue weighted by Crippen LogP contribution is 2.26.